The zero-order chi connectivity index (χ0) is 13.0. The first-order valence-electron chi connectivity index (χ1n) is 4.84. The number of unbranched alkanes of at least 4 members (excludes halogenated alkanes) is 2. The molecule has 0 aliphatic rings. The summed E-state index contributed by atoms with van der Waals surface area (Å²) in [5.41, 5.74) is 5.23. The molecule has 0 rings (SSSR count). The molecular weight excluding hydrogens is 256 g/mol. The first kappa shape index (κ1) is 16.3. The number of rotatable bonds is 7. The molecular formula is C7H19NO6P2. The van der Waals surface area contributed by atoms with Crippen LogP contribution < -0.4 is 5.73 Å². The van der Waals surface area contributed by atoms with Gasteiger partial charge in [-0.05, 0) is 25.8 Å². The van der Waals surface area contributed by atoms with Crippen LogP contribution >= 0.6 is 15.0 Å². The van der Waals surface area contributed by atoms with Crippen molar-refractivity contribution in [3.8, 4) is 0 Å². The summed E-state index contributed by atoms with van der Waals surface area (Å²) >= 11 is 0. The molecule has 0 saturated heterocycles. The molecule has 0 fully saturated rings. The van der Waals surface area contributed by atoms with E-state index in [0.717, 1.165) is 6.66 Å². The highest BCUT2D eigenvalue weighted by molar-refractivity contribution is 7.74. The third kappa shape index (κ3) is 3.93. The fourth-order valence-electron chi connectivity index (χ4n) is 1.28. The Labute approximate surface area is 94.3 Å². The zero-order valence-electron chi connectivity index (χ0n) is 9.11. The summed E-state index contributed by atoms with van der Waals surface area (Å²) in [6.45, 7) is 1.17. The highest BCUT2D eigenvalue weighted by Gasteiger charge is 2.55. The van der Waals surface area contributed by atoms with Crippen LogP contribution in [0, 0.1) is 0 Å². The van der Waals surface area contributed by atoms with Crippen LogP contribution in [0.4, 0.5) is 0 Å². The van der Waals surface area contributed by atoms with E-state index in [-0.39, 0.29) is 6.42 Å². The second-order valence-corrected chi connectivity index (χ2v) is 8.48. The van der Waals surface area contributed by atoms with Gasteiger partial charge >= 0.3 is 7.60 Å². The molecule has 0 aromatic heterocycles. The predicted molar refractivity (Wildman–Crippen MR) is 60.3 cm³/mol. The second kappa shape index (κ2) is 5.74. The third-order valence-electron chi connectivity index (χ3n) is 2.35. The van der Waals surface area contributed by atoms with Gasteiger partial charge in [0.2, 0.25) is 12.5 Å². The van der Waals surface area contributed by atoms with Gasteiger partial charge in [-0.25, -0.2) is 0 Å². The topological polar surface area (TPSA) is 141 Å². The van der Waals surface area contributed by atoms with Crippen LogP contribution in [0.2, 0.25) is 0 Å². The summed E-state index contributed by atoms with van der Waals surface area (Å²) in [7, 11) is -9.34. The Bertz CT molecular complexity index is 286. The molecule has 0 aromatic carbocycles. The first-order chi connectivity index (χ1) is 7.06. The first-order valence-corrected chi connectivity index (χ1v) is 8.56. The molecule has 0 aromatic rings. The van der Waals surface area contributed by atoms with E-state index < -0.39 is 26.5 Å². The lowest BCUT2D eigenvalue weighted by Crippen LogP contribution is -2.28. The molecule has 0 aliphatic carbocycles. The smallest absolute Gasteiger partial charge is 0.366 e. The van der Waals surface area contributed by atoms with Crippen LogP contribution in [0.15, 0.2) is 0 Å². The van der Waals surface area contributed by atoms with E-state index >= 15 is 0 Å². The molecule has 0 radical (unpaired) electrons. The van der Waals surface area contributed by atoms with Crippen molar-refractivity contribution in [1.82, 2.24) is 0 Å². The van der Waals surface area contributed by atoms with Crippen molar-refractivity contribution in [2.24, 2.45) is 5.73 Å². The van der Waals surface area contributed by atoms with Crippen LogP contribution in [0.25, 0.3) is 0 Å². The molecule has 0 spiro atoms. The van der Waals surface area contributed by atoms with E-state index in [4.69, 9.17) is 15.5 Å². The van der Waals surface area contributed by atoms with E-state index in [0.29, 0.717) is 19.4 Å². The largest absolute Gasteiger partial charge is 0.369 e. The van der Waals surface area contributed by atoms with Crippen molar-refractivity contribution < 1.29 is 28.9 Å². The molecule has 16 heavy (non-hydrogen) atoms. The molecule has 2 atom stereocenters. The lowest BCUT2D eigenvalue weighted by atomic mass is 10.2. The highest BCUT2D eigenvalue weighted by Crippen LogP contribution is 2.69. The molecule has 98 valence electrons. The van der Waals surface area contributed by atoms with Gasteiger partial charge in [0, 0.05) is 6.66 Å². The van der Waals surface area contributed by atoms with Crippen molar-refractivity contribution in [2.75, 3.05) is 13.2 Å². The molecule has 6 N–H and O–H groups in total. The fraction of sp³-hybridized carbons (Fsp3) is 1.00. The van der Waals surface area contributed by atoms with Gasteiger partial charge in [0.15, 0.2) is 0 Å². The van der Waals surface area contributed by atoms with E-state index in [2.05, 4.69) is 0 Å². The molecule has 0 saturated carbocycles. The lowest BCUT2D eigenvalue weighted by molar-refractivity contribution is 0.138. The molecule has 0 bridgehead atoms. The van der Waals surface area contributed by atoms with E-state index in [1.54, 1.807) is 0 Å². The highest BCUT2D eigenvalue weighted by atomic mass is 31.2. The third-order valence-corrected chi connectivity index (χ3v) is 6.95. The summed E-state index contributed by atoms with van der Waals surface area (Å²) in [6.07, 6.45) is 0.994. The van der Waals surface area contributed by atoms with Crippen LogP contribution in [0.3, 0.4) is 0 Å². The quantitative estimate of drug-likeness (QED) is 0.330. The molecule has 2 unspecified atom stereocenters. The summed E-state index contributed by atoms with van der Waals surface area (Å²) in [4.78, 5) is 27.1. The summed E-state index contributed by atoms with van der Waals surface area (Å²) < 4.78 is 22.4. The van der Waals surface area contributed by atoms with Gasteiger partial charge in [-0.3, -0.25) is 9.13 Å². The predicted octanol–water partition coefficient (Wildman–Crippen LogP) is 0.229. The summed E-state index contributed by atoms with van der Waals surface area (Å²) in [5, 5.41) is 6.84. The zero-order valence-corrected chi connectivity index (χ0v) is 10.9. The minimum Gasteiger partial charge on any atom is -0.369 e. The number of hydrogen-bond acceptors (Lipinski definition) is 4. The number of hydrogen-bond donors (Lipinski definition) is 5. The average Bonchev–Trinajstić information content (AvgIpc) is 2.08. The SMILES string of the molecule is CP(=O)(O)C(O)(CCCCCN)P(=O)(O)O. The van der Waals surface area contributed by atoms with Crippen molar-refractivity contribution in [3.63, 3.8) is 0 Å². The molecule has 9 heteroatoms. The molecule has 7 nitrogen and oxygen atoms in total. The normalized spacial score (nSPS) is 20.1. The maximum atomic E-state index is 11.3. The standard InChI is InChI=1S/C7H19NO6P2/c1-15(10,11)7(9,16(12,13)14)5-3-2-4-6-8/h9H,2-6,8H2,1H3,(H,10,11)(H2,12,13,14). The Hall–Kier alpha value is 0.260. The van der Waals surface area contributed by atoms with Gasteiger partial charge in [-0.1, -0.05) is 6.42 Å². The van der Waals surface area contributed by atoms with Crippen molar-refractivity contribution >= 4 is 15.0 Å². The lowest BCUT2D eigenvalue weighted by Gasteiger charge is -2.30. The molecule has 0 amide bonds. The summed E-state index contributed by atoms with van der Waals surface area (Å²) in [6, 6.07) is 0. The minimum atomic E-state index is -5.05. The van der Waals surface area contributed by atoms with Gasteiger partial charge in [0.25, 0.3) is 0 Å². The van der Waals surface area contributed by atoms with E-state index in [1.165, 1.54) is 0 Å². The van der Waals surface area contributed by atoms with Crippen LogP contribution in [0.1, 0.15) is 25.7 Å². The van der Waals surface area contributed by atoms with E-state index in [1.807, 2.05) is 0 Å². The van der Waals surface area contributed by atoms with Crippen LogP contribution in [-0.4, -0.2) is 38.1 Å². The van der Waals surface area contributed by atoms with Gasteiger partial charge in [-0.15, -0.1) is 0 Å². The van der Waals surface area contributed by atoms with Gasteiger partial charge in [0.05, 0.1) is 0 Å². The van der Waals surface area contributed by atoms with Gasteiger partial charge in [0.1, 0.15) is 0 Å². The number of nitrogens with two attached hydrogens (primary N) is 1. The fourth-order valence-corrected chi connectivity index (χ4v) is 4.23. The Balaban J connectivity index is 4.73. The number of aliphatic hydroxyl groups is 1. The van der Waals surface area contributed by atoms with Crippen molar-refractivity contribution in [2.45, 2.75) is 30.8 Å². The maximum Gasteiger partial charge on any atom is 0.366 e. The molecule has 0 aliphatic heterocycles. The van der Waals surface area contributed by atoms with Crippen molar-refractivity contribution in [1.29, 1.82) is 0 Å². The Morgan fingerprint density at radius 2 is 1.62 bits per heavy atom. The maximum absolute atomic E-state index is 11.3. The monoisotopic (exact) mass is 275 g/mol. The minimum absolute atomic E-state index is 0.233. The Kier molecular flexibility index (Phi) is 5.83. The summed E-state index contributed by atoms with van der Waals surface area (Å²) in [5.74, 6) is 0. The van der Waals surface area contributed by atoms with Gasteiger partial charge < -0.3 is 25.5 Å². The second-order valence-electron chi connectivity index (χ2n) is 3.80. The van der Waals surface area contributed by atoms with Crippen LogP contribution in [0.5, 0.6) is 0 Å². The Morgan fingerprint density at radius 3 is 1.94 bits per heavy atom. The molecule has 0 heterocycles. The van der Waals surface area contributed by atoms with Crippen LogP contribution in [-0.2, 0) is 9.13 Å². The van der Waals surface area contributed by atoms with Gasteiger partial charge in [-0.2, -0.15) is 0 Å². The van der Waals surface area contributed by atoms with Crippen molar-refractivity contribution in [3.05, 3.63) is 0 Å². The van der Waals surface area contributed by atoms with E-state index in [9.17, 15) is 19.1 Å². The average molecular weight is 275 g/mol. The Morgan fingerprint density at radius 1 is 1.12 bits per heavy atom.